The van der Waals surface area contributed by atoms with Crippen LogP contribution in [-0.4, -0.2) is 35.5 Å². The van der Waals surface area contributed by atoms with Crippen molar-refractivity contribution in [2.24, 2.45) is 5.73 Å². The lowest BCUT2D eigenvalue weighted by Gasteiger charge is -2.08. The Morgan fingerprint density at radius 3 is 2.34 bits per heavy atom. The van der Waals surface area contributed by atoms with Crippen molar-refractivity contribution in [2.45, 2.75) is 4.90 Å². The maximum Gasteiger partial charge on any atom is 0.269 e. The predicted octanol–water partition coefficient (Wildman–Crippen LogP) is 2.90. The zero-order valence-corrected chi connectivity index (χ0v) is 16.2. The Hall–Kier alpha value is -3.65. The fourth-order valence-corrected chi connectivity index (χ4v) is 3.84. The average molecular weight is 407 g/mol. The molecule has 0 saturated heterocycles. The first-order chi connectivity index (χ1) is 13.8. The normalized spacial score (nSPS) is 11.6. The van der Waals surface area contributed by atoms with E-state index in [9.17, 15) is 18.3 Å². The topological polar surface area (TPSA) is 115 Å². The van der Waals surface area contributed by atoms with Crippen LogP contribution in [0, 0.1) is 0 Å². The van der Waals surface area contributed by atoms with Crippen LogP contribution in [0.2, 0.25) is 0 Å². The number of carbonyl (C=O) groups is 1. The van der Waals surface area contributed by atoms with Crippen LogP contribution in [0.3, 0.4) is 0 Å². The number of nitrogens with zero attached hydrogens (tertiary/aromatic N) is 2. The van der Waals surface area contributed by atoms with Crippen molar-refractivity contribution in [1.29, 1.82) is 0 Å². The molecule has 3 aromatic carbocycles. The van der Waals surface area contributed by atoms with Crippen molar-refractivity contribution in [3.63, 3.8) is 0 Å². The third-order valence-electron chi connectivity index (χ3n) is 4.64. The van der Waals surface area contributed by atoms with Crippen molar-refractivity contribution in [3.05, 3.63) is 72.4 Å². The molecule has 0 bridgehead atoms. The molecule has 0 aliphatic rings. The van der Waals surface area contributed by atoms with Gasteiger partial charge in [0.25, 0.3) is 5.91 Å². The Labute approximate surface area is 166 Å². The van der Waals surface area contributed by atoms with Gasteiger partial charge in [0.2, 0.25) is 0 Å². The fourth-order valence-electron chi connectivity index (χ4n) is 3.21. The van der Waals surface area contributed by atoms with Gasteiger partial charge in [-0.1, -0.05) is 24.3 Å². The zero-order valence-electron chi connectivity index (χ0n) is 15.4. The lowest BCUT2D eigenvalue weighted by atomic mass is 10.0. The second kappa shape index (κ2) is 6.75. The van der Waals surface area contributed by atoms with E-state index in [0.29, 0.717) is 22.2 Å². The smallest absolute Gasteiger partial charge is 0.269 e. The number of amides is 1. The summed E-state index contributed by atoms with van der Waals surface area (Å²) in [5, 5.41) is 15.1. The zero-order chi connectivity index (χ0) is 20.8. The summed E-state index contributed by atoms with van der Waals surface area (Å²) >= 11 is 0. The van der Waals surface area contributed by atoms with E-state index in [0.717, 1.165) is 11.8 Å². The van der Waals surface area contributed by atoms with Gasteiger partial charge < -0.3 is 10.8 Å². The minimum Gasteiger partial charge on any atom is -0.507 e. The number of benzene rings is 3. The monoisotopic (exact) mass is 407 g/mol. The number of fused-ring (bicyclic) bond motifs is 1. The standard InChI is InChI=1S/C21H17N3O4S/c1-29(27,28)15-9-7-14(8-10-15)24-18-12-13(16-4-2-3-5-19(16)25)6-11-17(18)20(23-24)21(22)26/h2-12,25H,1H3,(H2,22,26). The first-order valence-electron chi connectivity index (χ1n) is 8.67. The molecule has 4 rings (SSSR count). The Bertz CT molecular complexity index is 1360. The first kappa shape index (κ1) is 18.7. The summed E-state index contributed by atoms with van der Waals surface area (Å²) in [5.41, 5.74) is 8.15. The highest BCUT2D eigenvalue weighted by atomic mass is 32.2. The number of primary amides is 1. The lowest BCUT2D eigenvalue weighted by molar-refractivity contribution is 0.0996. The van der Waals surface area contributed by atoms with Crippen molar-refractivity contribution < 1.29 is 18.3 Å². The van der Waals surface area contributed by atoms with Gasteiger partial charge in [-0.05, 0) is 48.0 Å². The number of rotatable bonds is 4. The van der Waals surface area contributed by atoms with Crippen LogP contribution in [0.4, 0.5) is 0 Å². The van der Waals surface area contributed by atoms with E-state index < -0.39 is 15.7 Å². The molecule has 1 aromatic heterocycles. The number of aromatic nitrogens is 2. The number of sulfone groups is 1. The van der Waals surface area contributed by atoms with E-state index in [1.807, 2.05) is 6.07 Å². The van der Waals surface area contributed by atoms with Crippen LogP contribution < -0.4 is 5.73 Å². The average Bonchev–Trinajstić information content (AvgIpc) is 3.07. The summed E-state index contributed by atoms with van der Waals surface area (Å²) in [6.07, 6.45) is 1.13. The largest absolute Gasteiger partial charge is 0.507 e. The minimum atomic E-state index is -3.33. The van der Waals surface area contributed by atoms with Gasteiger partial charge >= 0.3 is 0 Å². The number of phenols is 1. The summed E-state index contributed by atoms with van der Waals surface area (Å²) < 4.78 is 25.0. The van der Waals surface area contributed by atoms with E-state index in [4.69, 9.17) is 5.73 Å². The number of nitrogens with two attached hydrogens (primary N) is 1. The third kappa shape index (κ3) is 3.34. The summed E-state index contributed by atoms with van der Waals surface area (Å²) in [5.74, 6) is -0.539. The fraction of sp³-hybridized carbons (Fsp3) is 0.0476. The van der Waals surface area contributed by atoms with Gasteiger partial charge in [0.05, 0.1) is 16.1 Å². The van der Waals surface area contributed by atoms with Crippen molar-refractivity contribution in [2.75, 3.05) is 6.26 Å². The molecule has 0 aliphatic carbocycles. The van der Waals surface area contributed by atoms with Crippen molar-refractivity contribution in [3.8, 4) is 22.6 Å². The molecule has 0 unspecified atom stereocenters. The van der Waals surface area contributed by atoms with Crippen molar-refractivity contribution >= 4 is 26.6 Å². The molecule has 1 amide bonds. The molecule has 4 aromatic rings. The predicted molar refractivity (Wildman–Crippen MR) is 110 cm³/mol. The third-order valence-corrected chi connectivity index (χ3v) is 5.77. The van der Waals surface area contributed by atoms with Crippen LogP contribution in [0.5, 0.6) is 5.75 Å². The number of para-hydroxylation sites is 1. The number of phenolic OH excluding ortho intramolecular Hbond substituents is 1. The molecule has 0 saturated carbocycles. The number of hydrogen-bond acceptors (Lipinski definition) is 5. The van der Waals surface area contributed by atoms with Crippen LogP contribution in [-0.2, 0) is 9.84 Å². The lowest BCUT2D eigenvalue weighted by Crippen LogP contribution is -2.12. The molecule has 0 radical (unpaired) electrons. The molecule has 1 heterocycles. The summed E-state index contributed by atoms with van der Waals surface area (Å²) in [6, 6.07) is 18.4. The summed E-state index contributed by atoms with van der Waals surface area (Å²) in [7, 11) is -3.33. The highest BCUT2D eigenvalue weighted by Gasteiger charge is 2.18. The highest BCUT2D eigenvalue weighted by molar-refractivity contribution is 7.90. The van der Waals surface area contributed by atoms with Gasteiger partial charge in [-0.15, -0.1) is 0 Å². The molecule has 146 valence electrons. The number of carbonyl (C=O) groups excluding carboxylic acids is 1. The Kier molecular flexibility index (Phi) is 4.35. The van der Waals surface area contributed by atoms with Gasteiger partial charge in [-0.2, -0.15) is 5.10 Å². The minimum absolute atomic E-state index is 0.107. The molecule has 3 N–H and O–H groups in total. The van der Waals surface area contributed by atoms with E-state index in [1.54, 1.807) is 48.5 Å². The van der Waals surface area contributed by atoms with Crippen LogP contribution in [0.15, 0.2) is 71.6 Å². The molecular weight excluding hydrogens is 390 g/mol. The van der Waals surface area contributed by atoms with E-state index in [2.05, 4.69) is 5.10 Å². The Morgan fingerprint density at radius 1 is 1.03 bits per heavy atom. The maximum absolute atomic E-state index is 11.9. The second-order valence-electron chi connectivity index (χ2n) is 6.64. The SMILES string of the molecule is CS(=O)(=O)c1ccc(-n2nc(C(N)=O)c3ccc(-c4ccccc4O)cc32)cc1. The summed E-state index contributed by atoms with van der Waals surface area (Å²) in [4.78, 5) is 12.1. The van der Waals surface area contributed by atoms with E-state index >= 15 is 0 Å². The quantitative estimate of drug-likeness (QED) is 0.540. The molecule has 0 atom stereocenters. The molecule has 0 fully saturated rings. The van der Waals surface area contributed by atoms with Crippen LogP contribution >= 0.6 is 0 Å². The molecular formula is C21H17N3O4S. The van der Waals surface area contributed by atoms with Crippen LogP contribution in [0.25, 0.3) is 27.7 Å². The van der Waals surface area contributed by atoms with Crippen LogP contribution in [0.1, 0.15) is 10.5 Å². The van der Waals surface area contributed by atoms with E-state index in [1.165, 1.54) is 16.8 Å². The van der Waals surface area contributed by atoms with Gasteiger partial charge in [0.1, 0.15) is 5.75 Å². The molecule has 8 heteroatoms. The Balaban J connectivity index is 1.94. The summed E-state index contributed by atoms with van der Waals surface area (Å²) in [6.45, 7) is 0. The molecule has 7 nitrogen and oxygen atoms in total. The van der Waals surface area contributed by atoms with E-state index in [-0.39, 0.29) is 16.3 Å². The maximum atomic E-state index is 11.9. The van der Waals surface area contributed by atoms with Gasteiger partial charge in [0, 0.05) is 17.2 Å². The highest BCUT2D eigenvalue weighted by Crippen LogP contribution is 2.32. The first-order valence-corrected chi connectivity index (χ1v) is 10.6. The van der Waals surface area contributed by atoms with Crippen molar-refractivity contribution in [1.82, 2.24) is 9.78 Å². The number of hydrogen-bond donors (Lipinski definition) is 2. The van der Waals surface area contributed by atoms with Gasteiger partial charge in [0.15, 0.2) is 15.5 Å². The second-order valence-corrected chi connectivity index (χ2v) is 8.66. The molecule has 0 spiro atoms. The number of aromatic hydroxyl groups is 1. The Morgan fingerprint density at radius 2 is 1.72 bits per heavy atom. The molecule has 29 heavy (non-hydrogen) atoms. The molecule has 0 aliphatic heterocycles. The van der Waals surface area contributed by atoms with Gasteiger partial charge in [-0.3, -0.25) is 4.79 Å². The van der Waals surface area contributed by atoms with Gasteiger partial charge in [-0.25, -0.2) is 13.1 Å².